The van der Waals surface area contributed by atoms with Crippen LogP contribution in [0.15, 0.2) is 23.2 Å². The summed E-state index contributed by atoms with van der Waals surface area (Å²) in [6.45, 7) is 13.7. The second-order valence-electron chi connectivity index (χ2n) is 8.17. The Balaban J connectivity index is 0.00000364. The third kappa shape index (κ3) is 6.82. The van der Waals surface area contributed by atoms with E-state index in [4.69, 9.17) is 14.5 Å². The zero-order valence-electron chi connectivity index (χ0n) is 17.6. The van der Waals surface area contributed by atoms with Gasteiger partial charge in [0.1, 0.15) is 5.75 Å². The summed E-state index contributed by atoms with van der Waals surface area (Å²) >= 11 is 0. The lowest BCUT2D eigenvalue weighted by molar-refractivity contribution is 0.0522. The maximum absolute atomic E-state index is 5.69. The molecule has 1 aliphatic heterocycles. The molecule has 1 heterocycles. The number of nitrogens with one attached hydrogen (secondary N) is 2. The van der Waals surface area contributed by atoms with Crippen molar-refractivity contribution in [1.82, 2.24) is 10.6 Å². The van der Waals surface area contributed by atoms with Crippen LogP contribution in [0.3, 0.4) is 0 Å². The summed E-state index contributed by atoms with van der Waals surface area (Å²) in [6.07, 6.45) is 1.90. The fourth-order valence-electron chi connectivity index (χ4n) is 3.40. The highest BCUT2D eigenvalue weighted by Gasteiger charge is 2.37. The van der Waals surface area contributed by atoms with Crippen LogP contribution in [-0.2, 0) is 10.2 Å². The van der Waals surface area contributed by atoms with Gasteiger partial charge in [-0.15, -0.1) is 24.0 Å². The number of rotatable bonds is 5. The number of guanidine groups is 1. The molecule has 0 radical (unpaired) electrons. The number of hydrogen-bond acceptors (Lipinski definition) is 3. The lowest BCUT2D eigenvalue weighted by atomic mass is 9.73. The van der Waals surface area contributed by atoms with Crippen molar-refractivity contribution in [2.75, 3.05) is 33.4 Å². The van der Waals surface area contributed by atoms with Crippen molar-refractivity contribution in [1.29, 1.82) is 0 Å². The number of ether oxygens (including phenoxy) is 2. The topological polar surface area (TPSA) is 54.9 Å². The molecule has 1 fully saturated rings. The summed E-state index contributed by atoms with van der Waals surface area (Å²) in [7, 11) is 1.75. The van der Waals surface area contributed by atoms with Gasteiger partial charge in [-0.2, -0.15) is 0 Å². The molecule has 2 rings (SSSR count). The average Bonchev–Trinajstić information content (AvgIpc) is 2.59. The Morgan fingerprint density at radius 1 is 1.26 bits per heavy atom. The van der Waals surface area contributed by atoms with E-state index >= 15 is 0 Å². The predicted molar refractivity (Wildman–Crippen MR) is 124 cm³/mol. The Morgan fingerprint density at radius 2 is 1.93 bits per heavy atom. The normalized spacial score (nSPS) is 17.0. The second kappa shape index (κ2) is 10.5. The van der Waals surface area contributed by atoms with Crippen LogP contribution in [0.1, 0.15) is 51.7 Å². The van der Waals surface area contributed by atoms with Gasteiger partial charge in [-0.05, 0) is 53.5 Å². The molecule has 154 valence electrons. The summed E-state index contributed by atoms with van der Waals surface area (Å²) in [6, 6.07) is 6.43. The molecule has 0 atom stereocenters. The summed E-state index contributed by atoms with van der Waals surface area (Å²) in [5.74, 6) is 1.80. The van der Waals surface area contributed by atoms with E-state index in [9.17, 15) is 0 Å². The van der Waals surface area contributed by atoms with Crippen molar-refractivity contribution in [2.45, 2.75) is 58.4 Å². The summed E-state index contributed by atoms with van der Waals surface area (Å²) < 4.78 is 11.4. The molecule has 27 heavy (non-hydrogen) atoms. The Labute approximate surface area is 181 Å². The molecule has 0 aromatic heterocycles. The predicted octanol–water partition coefficient (Wildman–Crippen LogP) is 4.02. The van der Waals surface area contributed by atoms with Gasteiger partial charge in [0, 0.05) is 36.3 Å². The monoisotopic (exact) mass is 489 g/mol. The van der Waals surface area contributed by atoms with Crippen molar-refractivity contribution in [3.63, 3.8) is 0 Å². The third-order valence-electron chi connectivity index (χ3n) is 4.75. The molecular weight excluding hydrogens is 453 g/mol. The van der Waals surface area contributed by atoms with Crippen LogP contribution in [0.4, 0.5) is 0 Å². The van der Waals surface area contributed by atoms with Crippen molar-refractivity contribution in [3.8, 4) is 5.75 Å². The van der Waals surface area contributed by atoms with Crippen LogP contribution < -0.4 is 15.4 Å². The summed E-state index contributed by atoms with van der Waals surface area (Å²) in [5, 5.41) is 6.85. The molecule has 0 spiro atoms. The average molecular weight is 489 g/mol. The van der Waals surface area contributed by atoms with E-state index in [0.29, 0.717) is 6.54 Å². The first kappa shape index (κ1) is 24.0. The fraction of sp³-hybridized carbons (Fsp3) is 0.667. The van der Waals surface area contributed by atoms with Crippen LogP contribution in [0.5, 0.6) is 5.75 Å². The van der Waals surface area contributed by atoms with Crippen molar-refractivity contribution >= 4 is 29.9 Å². The van der Waals surface area contributed by atoms with Crippen LogP contribution in [0, 0.1) is 6.92 Å². The zero-order chi connectivity index (χ0) is 19.2. The summed E-state index contributed by atoms with van der Waals surface area (Å²) in [5.41, 5.74) is 2.40. The van der Waals surface area contributed by atoms with Crippen LogP contribution in [0.2, 0.25) is 0 Å². The van der Waals surface area contributed by atoms with Gasteiger partial charge in [0.05, 0.1) is 13.7 Å². The van der Waals surface area contributed by atoms with Gasteiger partial charge in [0.15, 0.2) is 5.96 Å². The minimum atomic E-state index is -0.0597. The van der Waals surface area contributed by atoms with Crippen LogP contribution >= 0.6 is 24.0 Å². The molecule has 1 aromatic carbocycles. The number of halogens is 1. The molecule has 1 aromatic rings. The zero-order valence-corrected chi connectivity index (χ0v) is 20.0. The molecule has 6 heteroatoms. The van der Waals surface area contributed by atoms with Gasteiger partial charge in [-0.25, -0.2) is 0 Å². The number of nitrogens with zero attached hydrogens (tertiary/aromatic N) is 1. The minimum absolute atomic E-state index is 0. The third-order valence-corrected chi connectivity index (χ3v) is 4.75. The van der Waals surface area contributed by atoms with Crippen LogP contribution in [0.25, 0.3) is 0 Å². The van der Waals surface area contributed by atoms with Crippen molar-refractivity contribution in [3.05, 3.63) is 29.3 Å². The molecule has 0 saturated carbocycles. The van der Waals surface area contributed by atoms with E-state index in [2.05, 4.69) is 63.5 Å². The molecule has 5 nitrogen and oxygen atoms in total. The Bertz CT molecular complexity index is 620. The number of hydrogen-bond donors (Lipinski definition) is 2. The SMILES string of the molecule is CCNC(=NCC1(c2cc(C)ccc2OC)CCOCC1)NC(C)(C)C.I. The first-order valence-corrected chi connectivity index (χ1v) is 9.59. The highest BCUT2D eigenvalue weighted by Crippen LogP contribution is 2.40. The fourth-order valence-corrected chi connectivity index (χ4v) is 3.40. The first-order valence-electron chi connectivity index (χ1n) is 9.59. The van der Waals surface area contributed by atoms with E-state index in [1.807, 2.05) is 0 Å². The van der Waals surface area contributed by atoms with Crippen molar-refractivity contribution in [2.24, 2.45) is 4.99 Å². The van der Waals surface area contributed by atoms with E-state index in [0.717, 1.165) is 44.3 Å². The molecule has 0 unspecified atom stereocenters. The molecule has 1 aliphatic rings. The largest absolute Gasteiger partial charge is 0.496 e. The Kier molecular flexibility index (Phi) is 9.34. The molecule has 0 amide bonds. The second-order valence-corrected chi connectivity index (χ2v) is 8.17. The quantitative estimate of drug-likeness (QED) is 0.373. The van der Waals surface area contributed by atoms with E-state index in [1.165, 1.54) is 11.1 Å². The Hall–Kier alpha value is -1.02. The van der Waals surface area contributed by atoms with Crippen molar-refractivity contribution < 1.29 is 9.47 Å². The Morgan fingerprint density at radius 3 is 2.48 bits per heavy atom. The molecule has 2 N–H and O–H groups in total. The van der Waals surface area contributed by atoms with Gasteiger partial charge in [0.2, 0.25) is 0 Å². The number of benzene rings is 1. The van der Waals surface area contributed by atoms with Crippen LogP contribution in [-0.4, -0.2) is 44.9 Å². The highest BCUT2D eigenvalue weighted by molar-refractivity contribution is 14.0. The highest BCUT2D eigenvalue weighted by atomic mass is 127. The lowest BCUT2D eigenvalue weighted by Gasteiger charge is -2.38. The van der Waals surface area contributed by atoms with Gasteiger partial charge >= 0.3 is 0 Å². The number of aliphatic imine (C=N–C) groups is 1. The molecule has 0 aliphatic carbocycles. The summed E-state index contributed by atoms with van der Waals surface area (Å²) in [4.78, 5) is 4.96. The maximum atomic E-state index is 5.69. The van der Waals surface area contributed by atoms with E-state index in [1.54, 1.807) is 7.11 Å². The van der Waals surface area contributed by atoms with Gasteiger partial charge in [-0.3, -0.25) is 4.99 Å². The lowest BCUT2D eigenvalue weighted by Crippen LogP contribution is -2.48. The van der Waals surface area contributed by atoms with Gasteiger partial charge < -0.3 is 20.1 Å². The minimum Gasteiger partial charge on any atom is -0.496 e. The van der Waals surface area contributed by atoms with E-state index < -0.39 is 0 Å². The molecule has 0 bridgehead atoms. The maximum Gasteiger partial charge on any atom is 0.191 e. The van der Waals surface area contributed by atoms with Gasteiger partial charge in [0.25, 0.3) is 0 Å². The molecule has 1 saturated heterocycles. The van der Waals surface area contributed by atoms with Gasteiger partial charge in [-0.1, -0.05) is 17.7 Å². The number of methoxy groups -OCH3 is 1. The smallest absolute Gasteiger partial charge is 0.191 e. The molecular formula is C21H36IN3O2. The first-order chi connectivity index (χ1) is 12.3. The number of aryl methyl sites for hydroxylation is 1. The standard InChI is InChI=1S/C21H35N3O2.HI/c1-7-22-19(24-20(3,4)5)23-15-21(10-12-26-13-11-21)17-14-16(2)8-9-18(17)25-6;/h8-9,14H,7,10-13,15H2,1-6H3,(H2,22,23,24);1H. The van der Waals surface area contributed by atoms with E-state index in [-0.39, 0.29) is 34.9 Å².